The Balaban J connectivity index is 1.36. The van der Waals surface area contributed by atoms with Gasteiger partial charge >= 0.3 is 0 Å². The zero-order valence-electron chi connectivity index (χ0n) is 17.7. The molecule has 1 N–H and O–H groups in total. The number of Topliss-reactive ketones (excluding diaryl/α,β-unsaturated/α-hetero) is 1. The van der Waals surface area contributed by atoms with E-state index in [1.807, 2.05) is 22.4 Å². The molecule has 5 rings (SSSR count). The Labute approximate surface area is 198 Å². The van der Waals surface area contributed by atoms with Crippen LogP contribution in [0.4, 0.5) is 5.13 Å². The van der Waals surface area contributed by atoms with Crippen LogP contribution in [-0.2, 0) is 4.79 Å². The summed E-state index contributed by atoms with van der Waals surface area (Å²) < 4.78 is 5.84. The van der Waals surface area contributed by atoms with Gasteiger partial charge in [-0.3, -0.25) is 19.3 Å². The van der Waals surface area contributed by atoms with E-state index in [9.17, 15) is 14.4 Å². The molecule has 170 valence electrons. The van der Waals surface area contributed by atoms with Crippen LogP contribution in [0.3, 0.4) is 0 Å². The fourth-order valence-corrected chi connectivity index (χ4v) is 5.44. The minimum absolute atomic E-state index is 0.0158. The second-order valence-corrected chi connectivity index (χ2v) is 9.51. The third-order valence-electron chi connectivity index (χ3n) is 5.64. The molecule has 4 heterocycles. The van der Waals surface area contributed by atoms with E-state index < -0.39 is 6.10 Å². The topological polar surface area (TPSA) is 91.8 Å². The van der Waals surface area contributed by atoms with Gasteiger partial charge in [0.05, 0.1) is 10.4 Å². The summed E-state index contributed by atoms with van der Waals surface area (Å²) in [5, 5.41) is 7.27. The van der Waals surface area contributed by atoms with Crippen molar-refractivity contribution >= 4 is 45.4 Å². The quantitative estimate of drug-likeness (QED) is 0.581. The predicted octanol–water partition coefficient (Wildman–Crippen LogP) is 2.99. The first kappa shape index (κ1) is 21.7. The third-order valence-corrected chi connectivity index (χ3v) is 7.38. The molecule has 33 heavy (non-hydrogen) atoms. The molecule has 0 bridgehead atoms. The molecule has 0 saturated carbocycles. The van der Waals surface area contributed by atoms with Crippen LogP contribution in [0, 0.1) is 0 Å². The van der Waals surface area contributed by atoms with Crippen molar-refractivity contribution in [1.29, 1.82) is 0 Å². The van der Waals surface area contributed by atoms with Crippen molar-refractivity contribution in [2.24, 2.45) is 0 Å². The summed E-state index contributed by atoms with van der Waals surface area (Å²) in [6, 6.07) is 10.7. The second kappa shape index (κ2) is 9.42. The molecule has 2 amide bonds. The molecule has 1 unspecified atom stereocenters. The van der Waals surface area contributed by atoms with Gasteiger partial charge in [-0.1, -0.05) is 18.2 Å². The first-order valence-corrected chi connectivity index (χ1v) is 12.5. The van der Waals surface area contributed by atoms with E-state index in [0.29, 0.717) is 40.1 Å². The maximum atomic E-state index is 13.2. The standard InChI is InChI=1S/C23H22N4O4S2/c28-19(26-11-8-24-9-12-26)7-10-27(22(30)18-6-3-13-32-18)23-25-16(14-33-23)21-20(29)15-4-1-2-5-17(15)31-21/h1-6,13-14,21,24H,7-12H2. The molecular weight excluding hydrogens is 460 g/mol. The SMILES string of the molecule is O=C1c2ccccc2OC1c1csc(N(CCC(=O)N2CCNCC2)C(=O)c2cccs2)n1. The highest BCUT2D eigenvalue weighted by atomic mass is 32.1. The van der Waals surface area contributed by atoms with Crippen LogP contribution in [0.2, 0.25) is 0 Å². The van der Waals surface area contributed by atoms with Crippen LogP contribution >= 0.6 is 22.7 Å². The van der Waals surface area contributed by atoms with Crippen molar-refractivity contribution in [1.82, 2.24) is 15.2 Å². The fraction of sp³-hybridized carbons (Fsp3) is 0.304. The van der Waals surface area contributed by atoms with Gasteiger partial charge in [-0.2, -0.15) is 0 Å². The first-order chi connectivity index (χ1) is 16.1. The van der Waals surface area contributed by atoms with Crippen LogP contribution in [0.1, 0.15) is 38.2 Å². The lowest BCUT2D eigenvalue weighted by Gasteiger charge is -2.28. The van der Waals surface area contributed by atoms with E-state index in [-0.39, 0.29) is 30.6 Å². The number of nitrogens with one attached hydrogen (secondary N) is 1. The van der Waals surface area contributed by atoms with E-state index in [4.69, 9.17) is 4.74 Å². The number of amides is 2. The van der Waals surface area contributed by atoms with Gasteiger partial charge in [0.1, 0.15) is 11.4 Å². The number of ketones is 1. The summed E-state index contributed by atoms with van der Waals surface area (Å²) in [6.45, 7) is 3.10. The number of carbonyl (C=O) groups excluding carboxylic acids is 3. The number of piperazine rings is 1. The number of hydrogen-bond donors (Lipinski definition) is 1. The van der Waals surface area contributed by atoms with E-state index >= 15 is 0 Å². The Bertz CT molecular complexity index is 1170. The Kier molecular flexibility index (Phi) is 6.21. The van der Waals surface area contributed by atoms with Crippen molar-refractivity contribution in [3.8, 4) is 5.75 Å². The Morgan fingerprint density at radius 2 is 1.97 bits per heavy atom. The fourth-order valence-electron chi connectivity index (χ4n) is 3.91. The van der Waals surface area contributed by atoms with Crippen LogP contribution < -0.4 is 15.0 Å². The predicted molar refractivity (Wildman–Crippen MR) is 126 cm³/mol. The van der Waals surface area contributed by atoms with Crippen LogP contribution in [0.25, 0.3) is 0 Å². The molecule has 3 aromatic rings. The number of hydrogen-bond acceptors (Lipinski definition) is 8. The number of thiazole rings is 1. The molecule has 1 fully saturated rings. The summed E-state index contributed by atoms with van der Waals surface area (Å²) in [6.07, 6.45) is -0.621. The maximum Gasteiger partial charge on any atom is 0.270 e. The van der Waals surface area contributed by atoms with Gasteiger partial charge in [-0.25, -0.2) is 4.98 Å². The monoisotopic (exact) mass is 482 g/mol. The van der Waals surface area contributed by atoms with Gasteiger partial charge in [-0.15, -0.1) is 22.7 Å². The van der Waals surface area contributed by atoms with Crippen molar-refractivity contribution in [2.45, 2.75) is 12.5 Å². The van der Waals surface area contributed by atoms with Gasteiger partial charge in [0.15, 0.2) is 5.13 Å². The molecule has 1 aromatic carbocycles. The minimum atomic E-state index is -0.825. The molecular formula is C23H22N4O4S2. The molecule has 2 aliphatic heterocycles. The number of rotatable bonds is 6. The number of anilines is 1. The molecule has 0 radical (unpaired) electrons. The first-order valence-electron chi connectivity index (χ1n) is 10.7. The highest BCUT2D eigenvalue weighted by Gasteiger charge is 2.36. The molecule has 2 aliphatic rings. The lowest BCUT2D eigenvalue weighted by molar-refractivity contribution is -0.131. The molecule has 10 heteroatoms. The number of aromatic nitrogens is 1. The molecule has 2 aromatic heterocycles. The lowest BCUT2D eigenvalue weighted by Crippen LogP contribution is -2.47. The average Bonchev–Trinajstić information content (AvgIpc) is 3.61. The Morgan fingerprint density at radius 1 is 1.15 bits per heavy atom. The van der Waals surface area contributed by atoms with Gasteiger partial charge in [0.25, 0.3) is 5.91 Å². The molecule has 8 nitrogen and oxygen atoms in total. The molecule has 0 aliphatic carbocycles. The van der Waals surface area contributed by atoms with Gasteiger partial charge < -0.3 is 15.0 Å². The zero-order valence-corrected chi connectivity index (χ0v) is 19.4. The molecule has 1 atom stereocenters. The average molecular weight is 483 g/mol. The summed E-state index contributed by atoms with van der Waals surface area (Å²) in [5.41, 5.74) is 0.999. The summed E-state index contributed by atoms with van der Waals surface area (Å²) in [4.78, 5) is 47.3. The number of fused-ring (bicyclic) bond motifs is 1. The van der Waals surface area contributed by atoms with Gasteiger partial charge in [0, 0.05) is 44.5 Å². The number of para-hydroxylation sites is 1. The van der Waals surface area contributed by atoms with Crippen molar-refractivity contribution in [2.75, 3.05) is 37.6 Å². The lowest BCUT2D eigenvalue weighted by atomic mass is 10.1. The summed E-state index contributed by atoms with van der Waals surface area (Å²) in [5.74, 6) is 0.200. The summed E-state index contributed by atoms with van der Waals surface area (Å²) in [7, 11) is 0. The van der Waals surface area contributed by atoms with Crippen molar-refractivity contribution in [3.63, 3.8) is 0 Å². The number of benzene rings is 1. The molecule has 0 spiro atoms. The highest BCUT2D eigenvalue weighted by Crippen LogP contribution is 2.38. The van der Waals surface area contributed by atoms with Crippen LogP contribution in [-0.4, -0.2) is 60.2 Å². The molecule has 1 saturated heterocycles. The van der Waals surface area contributed by atoms with Crippen molar-refractivity contribution in [3.05, 3.63) is 63.3 Å². The van der Waals surface area contributed by atoms with E-state index in [1.165, 1.54) is 27.6 Å². The zero-order chi connectivity index (χ0) is 22.8. The number of nitrogens with zero attached hydrogens (tertiary/aromatic N) is 3. The highest BCUT2D eigenvalue weighted by molar-refractivity contribution is 7.14. The normalized spacial score (nSPS) is 17.5. The maximum absolute atomic E-state index is 13.2. The number of carbonyl (C=O) groups is 3. The van der Waals surface area contributed by atoms with Crippen molar-refractivity contribution < 1.29 is 19.1 Å². The smallest absolute Gasteiger partial charge is 0.270 e. The van der Waals surface area contributed by atoms with Gasteiger partial charge in [0.2, 0.25) is 17.8 Å². The third kappa shape index (κ3) is 4.41. The largest absolute Gasteiger partial charge is 0.475 e. The van der Waals surface area contributed by atoms with Crippen LogP contribution in [0.5, 0.6) is 5.75 Å². The van der Waals surface area contributed by atoms with E-state index in [2.05, 4.69) is 10.3 Å². The van der Waals surface area contributed by atoms with Gasteiger partial charge in [-0.05, 0) is 23.6 Å². The van der Waals surface area contributed by atoms with E-state index in [1.54, 1.807) is 29.6 Å². The minimum Gasteiger partial charge on any atom is -0.475 e. The Morgan fingerprint density at radius 3 is 2.73 bits per heavy atom. The summed E-state index contributed by atoms with van der Waals surface area (Å²) >= 11 is 2.61. The number of thiophene rings is 1. The second-order valence-electron chi connectivity index (χ2n) is 7.73. The van der Waals surface area contributed by atoms with E-state index in [0.717, 1.165) is 13.1 Å². The van der Waals surface area contributed by atoms with Crippen LogP contribution in [0.15, 0.2) is 47.2 Å². The number of ether oxygens (including phenoxy) is 1. The Hall–Kier alpha value is -3.08.